The minimum absolute atomic E-state index is 0. The van der Waals surface area contributed by atoms with Crippen LogP contribution in [0.3, 0.4) is 0 Å². The molecule has 0 radical (unpaired) electrons. The molecular weight excluding hydrogens is 401 g/mol. The summed E-state index contributed by atoms with van der Waals surface area (Å²) < 4.78 is 5.08. The molecule has 1 fully saturated rings. The van der Waals surface area contributed by atoms with E-state index in [1.54, 1.807) is 7.11 Å². The molecule has 0 bridgehead atoms. The fraction of sp³-hybridized carbons (Fsp3) is 0.944. The number of halogens is 1. The van der Waals surface area contributed by atoms with Crippen LogP contribution in [0.1, 0.15) is 58.8 Å². The molecule has 0 unspecified atom stereocenters. The van der Waals surface area contributed by atoms with E-state index in [2.05, 4.69) is 31.1 Å². The fourth-order valence-electron chi connectivity index (χ4n) is 3.18. The van der Waals surface area contributed by atoms with Gasteiger partial charge in [-0.15, -0.1) is 24.0 Å². The van der Waals surface area contributed by atoms with Crippen LogP contribution in [0.2, 0.25) is 0 Å². The fourth-order valence-corrected chi connectivity index (χ4v) is 3.18. The predicted molar refractivity (Wildman–Crippen MR) is 111 cm³/mol. The first-order valence-electron chi connectivity index (χ1n) is 9.15. The van der Waals surface area contributed by atoms with Gasteiger partial charge in [0.15, 0.2) is 5.96 Å². The molecule has 5 heteroatoms. The van der Waals surface area contributed by atoms with E-state index >= 15 is 0 Å². The second-order valence-electron chi connectivity index (χ2n) is 6.80. The van der Waals surface area contributed by atoms with Crippen molar-refractivity contribution in [1.29, 1.82) is 0 Å². The molecule has 0 aromatic carbocycles. The molecular formula is C18H38IN3O. The number of methoxy groups -OCH3 is 1. The van der Waals surface area contributed by atoms with Crippen molar-refractivity contribution in [3.8, 4) is 0 Å². The Morgan fingerprint density at radius 1 is 1.17 bits per heavy atom. The number of unbranched alkanes of at least 4 members (excludes halogenated alkanes) is 2. The van der Waals surface area contributed by atoms with Crippen LogP contribution in [0, 0.1) is 11.8 Å². The van der Waals surface area contributed by atoms with Crippen molar-refractivity contribution in [3.63, 3.8) is 0 Å². The first-order chi connectivity index (χ1) is 10.7. The monoisotopic (exact) mass is 439 g/mol. The molecule has 138 valence electrons. The van der Waals surface area contributed by atoms with Crippen LogP contribution in [0.25, 0.3) is 0 Å². The summed E-state index contributed by atoms with van der Waals surface area (Å²) >= 11 is 0. The normalized spacial score (nSPS) is 21.7. The Balaban J connectivity index is 0.00000484. The summed E-state index contributed by atoms with van der Waals surface area (Å²) in [6.45, 7) is 8.39. The largest absolute Gasteiger partial charge is 0.385 e. The van der Waals surface area contributed by atoms with Gasteiger partial charge in [-0.25, -0.2) is 0 Å². The zero-order chi connectivity index (χ0) is 16.2. The van der Waals surface area contributed by atoms with Crippen LogP contribution in [0.15, 0.2) is 4.99 Å². The lowest BCUT2D eigenvalue weighted by atomic mass is 9.83. The van der Waals surface area contributed by atoms with Crippen molar-refractivity contribution in [2.45, 2.75) is 58.8 Å². The van der Waals surface area contributed by atoms with E-state index in [1.165, 1.54) is 32.1 Å². The highest BCUT2D eigenvalue weighted by Crippen LogP contribution is 2.28. The zero-order valence-electron chi connectivity index (χ0n) is 15.6. The van der Waals surface area contributed by atoms with E-state index in [4.69, 9.17) is 9.73 Å². The topological polar surface area (TPSA) is 36.9 Å². The SMILES string of the molecule is CCNC(=NCCCCCOC)N(C)CC1CCC(C)CC1.I. The quantitative estimate of drug-likeness (QED) is 0.254. The lowest BCUT2D eigenvalue weighted by molar-refractivity contribution is 0.192. The minimum atomic E-state index is 0. The smallest absolute Gasteiger partial charge is 0.193 e. The van der Waals surface area contributed by atoms with Gasteiger partial charge in [0.05, 0.1) is 0 Å². The highest BCUT2D eigenvalue weighted by molar-refractivity contribution is 14.0. The van der Waals surface area contributed by atoms with Gasteiger partial charge in [0.1, 0.15) is 0 Å². The van der Waals surface area contributed by atoms with E-state index in [1.807, 2.05) is 0 Å². The van der Waals surface area contributed by atoms with Gasteiger partial charge in [0, 0.05) is 40.4 Å². The number of ether oxygens (including phenoxy) is 1. The summed E-state index contributed by atoms with van der Waals surface area (Å²) in [6.07, 6.45) is 9.02. The van der Waals surface area contributed by atoms with E-state index in [9.17, 15) is 0 Å². The van der Waals surface area contributed by atoms with E-state index in [0.717, 1.165) is 56.9 Å². The molecule has 1 aliphatic rings. The summed E-state index contributed by atoms with van der Waals surface area (Å²) in [5.41, 5.74) is 0. The van der Waals surface area contributed by atoms with Crippen molar-refractivity contribution in [3.05, 3.63) is 0 Å². The summed E-state index contributed by atoms with van der Waals surface area (Å²) in [4.78, 5) is 7.11. The van der Waals surface area contributed by atoms with E-state index in [0.29, 0.717) is 0 Å². The summed E-state index contributed by atoms with van der Waals surface area (Å²) in [7, 11) is 3.95. The van der Waals surface area contributed by atoms with Crippen molar-refractivity contribution in [2.24, 2.45) is 16.8 Å². The lowest BCUT2D eigenvalue weighted by Crippen LogP contribution is -2.42. The van der Waals surface area contributed by atoms with E-state index in [-0.39, 0.29) is 24.0 Å². The van der Waals surface area contributed by atoms with Crippen LogP contribution in [0.5, 0.6) is 0 Å². The van der Waals surface area contributed by atoms with Crippen LogP contribution < -0.4 is 5.32 Å². The Morgan fingerprint density at radius 2 is 1.87 bits per heavy atom. The molecule has 0 amide bonds. The highest BCUT2D eigenvalue weighted by atomic mass is 127. The van der Waals surface area contributed by atoms with E-state index < -0.39 is 0 Å². The Bertz CT molecular complexity index is 305. The summed E-state index contributed by atoms with van der Waals surface area (Å²) in [5.74, 6) is 2.84. The summed E-state index contributed by atoms with van der Waals surface area (Å²) in [5, 5.41) is 3.43. The zero-order valence-corrected chi connectivity index (χ0v) is 18.0. The van der Waals surface area contributed by atoms with Crippen molar-refractivity contribution >= 4 is 29.9 Å². The third kappa shape index (κ3) is 10.4. The van der Waals surface area contributed by atoms with Crippen molar-refractivity contribution in [1.82, 2.24) is 10.2 Å². The van der Waals surface area contributed by atoms with Gasteiger partial charge in [-0.1, -0.05) is 19.8 Å². The number of rotatable bonds is 9. The van der Waals surface area contributed by atoms with Gasteiger partial charge in [0.2, 0.25) is 0 Å². The third-order valence-electron chi connectivity index (χ3n) is 4.63. The molecule has 0 aliphatic heterocycles. The maximum absolute atomic E-state index is 5.08. The molecule has 0 aromatic heterocycles. The van der Waals surface area contributed by atoms with Gasteiger partial charge in [0.25, 0.3) is 0 Å². The second kappa shape index (κ2) is 14.3. The van der Waals surface area contributed by atoms with Crippen LogP contribution in [-0.4, -0.2) is 51.3 Å². The number of hydrogen-bond donors (Lipinski definition) is 1. The lowest BCUT2D eigenvalue weighted by Gasteiger charge is -2.31. The Kier molecular flexibility index (Phi) is 14.3. The Labute approximate surface area is 160 Å². The molecule has 0 spiro atoms. The Morgan fingerprint density at radius 3 is 2.48 bits per heavy atom. The average molecular weight is 439 g/mol. The molecule has 1 rings (SSSR count). The number of nitrogens with one attached hydrogen (secondary N) is 1. The molecule has 0 heterocycles. The molecule has 1 saturated carbocycles. The number of nitrogens with zero attached hydrogens (tertiary/aromatic N) is 2. The van der Waals surface area contributed by atoms with Crippen molar-refractivity contribution < 1.29 is 4.74 Å². The number of guanidine groups is 1. The molecule has 0 atom stereocenters. The average Bonchev–Trinajstić information content (AvgIpc) is 2.51. The van der Waals surface area contributed by atoms with Crippen LogP contribution in [-0.2, 0) is 4.74 Å². The first-order valence-corrected chi connectivity index (χ1v) is 9.15. The van der Waals surface area contributed by atoms with Crippen molar-refractivity contribution in [2.75, 3.05) is 40.4 Å². The maximum atomic E-state index is 5.08. The third-order valence-corrected chi connectivity index (χ3v) is 4.63. The van der Waals surface area contributed by atoms with Gasteiger partial charge >= 0.3 is 0 Å². The molecule has 4 nitrogen and oxygen atoms in total. The highest BCUT2D eigenvalue weighted by Gasteiger charge is 2.20. The predicted octanol–water partition coefficient (Wildman–Crippen LogP) is 4.14. The molecule has 23 heavy (non-hydrogen) atoms. The van der Waals surface area contributed by atoms with Crippen LogP contribution >= 0.6 is 24.0 Å². The van der Waals surface area contributed by atoms with Gasteiger partial charge in [-0.2, -0.15) is 0 Å². The first kappa shape index (κ1) is 23.0. The minimum Gasteiger partial charge on any atom is -0.385 e. The standard InChI is InChI=1S/C18H37N3O.HI/c1-5-19-18(20-13-7-6-8-14-22-4)21(3)15-17-11-9-16(2)10-12-17;/h16-17H,5-15H2,1-4H3,(H,19,20);1H. The Hall–Kier alpha value is -0.0400. The van der Waals surface area contributed by atoms with Gasteiger partial charge in [-0.3, -0.25) is 4.99 Å². The molecule has 0 aromatic rings. The molecule has 1 N–H and O–H groups in total. The molecule has 1 aliphatic carbocycles. The summed E-state index contributed by atoms with van der Waals surface area (Å²) in [6, 6.07) is 0. The number of hydrogen-bond acceptors (Lipinski definition) is 2. The number of aliphatic imine (C=N–C) groups is 1. The van der Waals surface area contributed by atoms with Gasteiger partial charge in [-0.05, 0) is 50.9 Å². The van der Waals surface area contributed by atoms with Gasteiger partial charge < -0.3 is 15.0 Å². The van der Waals surface area contributed by atoms with Crippen LogP contribution in [0.4, 0.5) is 0 Å². The molecule has 0 saturated heterocycles. The second-order valence-corrected chi connectivity index (χ2v) is 6.80. The maximum Gasteiger partial charge on any atom is 0.193 e.